The Morgan fingerprint density at radius 1 is 0.633 bits per heavy atom. The molecule has 0 saturated carbocycles. The number of hydrogen-bond acceptors (Lipinski definition) is 6. The molecular formula is C24H56N6. The van der Waals surface area contributed by atoms with Crippen molar-refractivity contribution in [3.05, 3.63) is 0 Å². The Balaban J connectivity index is 4.52. The minimum absolute atomic E-state index is 0.0746. The zero-order valence-electron chi connectivity index (χ0n) is 21.6. The summed E-state index contributed by atoms with van der Waals surface area (Å²) in [7, 11) is 0. The van der Waals surface area contributed by atoms with Gasteiger partial charge in [0.1, 0.15) is 5.79 Å². The van der Waals surface area contributed by atoms with Crippen LogP contribution in [0.2, 0.25) is 0 Å². The smallest absolute Gasteiger partial charge is 0.123 e. The molecule has 0 amide bonds. The SMILES string of the molecule is CCCCCNN(CCCCCC(NCC)(NCCC)NCCCC)NC(C)(C)C. The summed E-state index contributed by atoms with van der Waals surface area (Å²) in [6, 6.07) is 0. The van der Waals surface area contributed by atoms with Crippen LogP contribution >= 0.6 is 0 Å². The van der Waals surface area contributed by atoms with Gasteiger partial charge in [0, 0.05) is 18.6 Å². The Morgan fingerprint density at radius 3 is 1.93 bits per heavy atom. The molecule has 5 N–H and O–H groups in total. The molecule has 0 rings (SSSR count). The monoisotopic (exact) mass is 428 g/mol. The van der Waals surface area contributed by atoms with Crippen LogP contribution in [0.5, 0.6) is 0 Å². The lowest BCUT2D eigenvalue weighted by atomic mass is 10.1. The number of hydrazine groups is 2. The Bertz CT molecular complexity index is 371. The van der Waals surface area contributed by atoms with Crippen LogP contribution in [0.15, 0.2) is 0 Å². The maximum Gasteiger partial charge on any atom is 0.123 e. The van der Waals surface area contributed by atoms with Crippen LogP contribution in [-0.2, 0) is 0 Å². The molecule has 1 atom stereocenters. The van der Waals surface area contributed by atoms with Crippen LogP contribution < -0.4 is 26.8 Å². The van der Waals surface area contributed by atoms with Gasteiger partial charge in [-0.2, -0.15) is 5.12 Å². The van der Waals surface area contributed by atoms with Gasteiger partial charge in [0.05, 0.1) is 0 Å². The van der Waals surface area contributed by atoms with Crippen LogP contribution in [0.25, 0.3) is 0 Å². The molecule has 0 aliphatic carbocycles. The van der Waals surface area contributed by atoms with Crippen LogP contribution in [0.3, 0.4) is 0 Å². The van der Waals surface area contributed by atoms with Gasteiger partial charge in [-0.3, -0.25) is 16.0 Å². The lowest BCUT2D eigenvalue weighted by Crippen LogP contribution is -2.66. The summed E-state index contributed by atoms with van der Waals surface area (Å²) >= 11 is 0. The Morgan fingerprint density at radius 2 is 1.33 bits per heavy atom. The summed E-state index contributed by atoms with van der Waals surface area (Å²) < 4.78 is 0. The Hall–Kier alpha value is -0.240. The van der Waals surface area contributed by atoms with Crippen molar-refractivity contribution in [3.8, 4) is 0 Å². The van der Waals surface area contributed by atoms with Gasteiger partial charge in [-0.15, -0.1) is 0 Å². The van der Waals surface area contributed by atoms with Gasteiger partial charge in [0.25, 0.3) is 0 Å². The van der Waals surface area contributed by atoms with Gasteiger partial charge in [0.2, 0.25) is 0 Å². The van der Waals surface area contributed by atoms with Crippen molar-refractivity contribution in [2.24, 2.45) is 0 Å². The molecule has 0 spiro atoms. The summed E-state index contributed by atoms with van der Waals surface area (Å²) in [5, 5.41) is 13.5. The van der Waals surface area contributed by atoms with E-state index in [1.54, 1.807) is 0 Å². The highest BCUT2D eigenvalue weighted by Gasteiger charge is 2.26. The predicted octanol–water partition coefficient (Wildman–Crippen LogP) is 4.50. The van der Waals surface area contributed by atoms with Crippen molar-refractivity contribution in [2.45, 2.75) is 124 Å². The molecule has 0 aromatic carbocycles. The third-order valence-corrected chi connectivity index (χ3v) is 5.10. The predicted molar refractivity (Wildman–Crippen MR) is 133 cm³/mol. The first-order chi connectivity index (χ1) is 14.3. The molecular weight excluding hydrogens is 372 g/mol. The molecule has 0 aliphatic rings. The summed E-state index contributed by atoms with van der Waals surface area (Å²) in [6.07, 6.45) is 12.1. The molecule has 0 aromatic heterocycles. The van der Waals surface area contributed by atoms with E-state index in [1.807, 2.05) is 0 Å². The number of hydrogen-bond donors (Lipinski definition) is 5. The zero-order chi connectivity index (χ0) is 22.7. The van der Waals surface area contributed by atoms with Crippen molar-refractivity contribution in [1.82, 2.24) is 31.9 Å². The minimum atomic E-state index is -0.123. The minimum Gasteiger partial charge on any atom is -0.287 e. The summed E-state index contributed by atoms with van der Waals surface area (Å²) in [6.45, 7) is 20.8. The van der Waals surface area contributed by atoms with E-state index in [4.69, 9.17) is 0 Å². The van der Waals surface area contributed by atoms with E-state index in [0.717, 1.165) is 45.6 Å². The molecule has 182 valence electrons. The van der Waals surface area contributed by atoms with Crippen LogP contribution in [0.4, 0.5) is 0 Å². The highest BCUT2D eigenvalue weighted by atomic mass is 15.7. The quantitative estimate of drug-likeness (QED) is 0.105. The van der Waals surface area contributed by atoms with Crippen molar-refractivity contribution in [1.29, 1.82) is 0 Å². The van der Waals surface area contributed by atoms with Crippen LogP contribution in [0, 0.1) is 0 Å². The summed E-state index contributed by atoms with van der Waals surface area (Å²) in [5.74, 6) is -0.123. The van der Waals surface area contributed by atoms with Gasteiger partial charge >= 0.3 is 0 Å². The fourth-order valence-electron chi connectivity index (χ4n) is 3.58. The first-order valence-electron chi connectivity index (χ1n) is 12.9. The fourth-order valence-corrected chi connectivity index (χ4v) is 3.58. The van der Waals surface area contributed by atoms with Crippen molar-refractivity contribution < 1.29 is 0 Å². The second kappa shape index (κ2) is 18.3. The van der Waals surface area contributed by atoms with Crippen molar-refractivity contribution >= 4 is 0 Å². The third kappa shape index (κ3) is 16.5. The van der Waals surface area contributed by atoms with E-state index in [2.05, 4.69) is 80.4 Å². The standard InChI is InChI=1S/C24H56N6/c1-8-12-16-21-28-30(29-23(5,6)7)22-17-14-15-18-24(25-11-4,26-19-10-3)27-20-13-9-2/h25-29H,8-22H2,1-7H3. The average Bonchev–Trinajstić information content (AvgIpc) is 2.68. The molecule has 0 fully saturated rings. The number of nitrogens with one attached hydrogen (secondary N) is 5. The topological polar surface area (TPSA) is 63.4 Å². The summed E-state index contributed by atoms with van der Waals surface area (Å²) in [4.78, 5) is 0. The number of unbranched alkanes of at least 4 members (excludes halogenated alkanes) is 5. The number of nitrogens with zero attached hydrogens (tertiary/aromatic N) is 1. The molecule has 0 radical (unpaired) electrons. The first-order valence-corrected chi connectivity index (χ1v) is 12.9. The molecule has 0 aromatic rings. The number of rotatable bonds is 21. The second-order valence-corrected chi connectivity index (χ2v) is 9.58. The van der Waals surface area contributed by atoms with Crippen molar-refractivity contribution in [3.63, 3.8) is 0 Å². The molecule has 0 saturated heterocycles. The maximum atomic E-state index is 3.78. The van der Waals surface area contributed by atoms with Crippen molar-refractivity contribution in [2.75, 3.05) is 32.7 Å². The van der Waals surface area contributed by atoms with E-state index >= 15 is 0 Å². The van der Waals surface area contributed by atoms with E-state index in [0.29, 0.717) is 0 Å². The highest BCUT2D eigenvalue weighted by Crippen LogP contribution is 2.12. The van der Waals surface area contributed by atoms with Gasteiger partial charge in [-0.1, -0.05) is 53.4 Å². The van der Waals surface area contributed by atoms with Gasteiger partial charge in [0.15, 0.2) is 0 Å². The van der Waals surface area contributed by atoms with Crippen LogP contribution in [-0.4, -0.2) is 49.2 Å². The van der Waals surface area contributed by atoms with Gasteiger partial charge < -0.3 is 0 Å². The van der Waals surface area contributed by atoms with Crippen LogP contribution in [0.1, 0.15) is 113 Å². The zero-order valence-corrected chi connectivity index (χ0v) is 21.6. The Labute approximate surface area is 189 Å². The third-order valence-electron chi connectivity index (χ3n) is 5.10. The Kier molecular flexibility index (Phi) is 18.2. The largest absolute Gasteiger partial charge is 0.287 e. The van der Waals surface area contributed by atoms with E-state index in [-0.39, 0.29) is 11.3 Å². The first kappa shape index (κ1) is 29.8. The second-order valence-electron chi connectivity index (χ2n) is 9.58. The summed E-state index contributed by atoms with van der Waals surface area (Å²) in [5.41, 5.74) is 7.27. The molecule has 0 heterocycles. The molecule has 0 bridgehead atoms. The van der Waals surface area contributed by atoms with E-state index in [9.17, 15) is 0 Å². The lowest BCUT2D eigenvalue weighted by molar-refractivity contribution is 0.0644. The molecule has 30 heavy (non-hydrogen) atoms. The molecule has 6 nitrogen and oxygen atoms in total. The van der Waals surface area contributed by atoms with E-state index < -0.39 is 0 Å². The lowest BCUT2D eigenvalue weighted by Gasteiger charge is -2.37. The molecule has 1 unspecified atom stereocenters. The van der Waals surface area contributed by atoms with E-state index in [1.165, 1.54) is 51.4 Å². The molecule has 6 heteroatoms. The highest BCUT2D eigenvalue weighted by molar-refractivity contribution is 4.82. The average molecular weight is 429 g/mol. The van der Waals surface area contributed by atoms with Gasteiger partial charge in [-0.25, -0.2) is 10.9 Å². The fraction of sp³-hybridized carbons (Fsp3) is 1.00. The van der Waals surface area contributed by atoms with Gasteiger partial charge in [-0.05, 0) is 78.9 Å². The maximum absolute atomic E-state index is 3.78. The molecule has 0 aliphatic heterocycles. The normalized spacial score (nSPS) is 14.4.